The first-order chi connectivity index (χ1) is 13.6. The molecule has 29 heavy (non-hydrogen) atoms. The Balaban J connectivity index is 0. The Bertz CT molecular complexity index is 576. The van der Waals surface area contributed by atoms with Gasteiger partial charge in [-0.3, -0.25) is 4.79 Å². The molecule has 2 N–H and O–H groups in total. The van der Waals surface area contributed by atoms with E-state index in [-0.39, 0.29) is 18.3 Å². The van der Waals surface area contributed by atoms with E-state index in [1.54, 1.807) is 4.90 Å². The molecule has 0 aromatic carbocycles. The highest BCUT2D eigenvalue weighted by Gasteiger charge is 2.21. The van der Waals surface area contributed by atoms with E-state index in [1.807, 2.05) is 20.8 Å². The molecule has 1 aliphatic heterocycles. The molecule has 1 saturated heterocycles. The number of hydrogen-bond donors (Lipinski definition) is 2. The fraction of sp³-hybridized carbons (Fsp3) is 0.611. The predicted octanol–water partition coefficient (Wildman–Crippen LogP) is 3.88. The van der Waals surface area contributed by atoms with E-state index in [0.29, 0.717) is 12.1 Å². The summed E-state index contributed by atoms with van der Waals surface area (Å²) >= 11 is 0. The Labute approximate surface area is 167 Å². The molecule has 0 saturated carbocycles. The van der Waals surface area contributed by atoms with Gasteiger partial charge < -0.3 is 15.3 Å². The van der Waals surface area contributed by atoms with Gasteiger partial charge in [0.1, 0.15) is 13.0 Å². The maximum Gasteiger partial charge on any atom is 0.519 e. The molecule has 1 aromatic rings. The standard InChI is InChI=1S/C12H17FN4O.C3H5F.C2H6.CHF3O/c1-2-4-9-11(13)12(16-8-15-9)14-7-10(18)17-5-3-6-17;1-2-3-4;1-2;2-1(3,4)5/h8H,2-7H2,1H3,(H,14,15,16);2H,1,3H2;1-2H3;5H. The zero-order valence-electron chi connectivity index (χ0n) is 16.9. The molecule has 1 aromatic heterocycles. The Kier molecular flexibility index (Phi) is 16.6. The van der Waals surface area contributed by atoms with Crippen LogP contribution in [-0.2, 0) is 11.2 Å². The second-order valence-corrected chi connectivity index (χ2v) is 5.23. The van der Waals surface area contributed by atoms with Crippen molar-refractivity contribution in [1.82, 2.24) is 14.9 Å². The monoisotopic (exact) mass is 428 g/mol. The molecule has 0 atom stereocenters. The molecule has 11 heteroatoms. The lowest BCUT2D eigenvalue weighted by Crippen LogP contribution is -2.44. The third-order valence-electron chi connectivity index (χ3n) is 3.07. The lowest BCUT2D eigenvalue weighted by molar-refractivity contribution is -0.295. The van der Waals surface area contributed by atoms with Crippen molar-refractivity contribution < 1.29 is 31.9 Å². The number of aliphatic hydroxyl groups is 1. The highest BCUT2D eigenvalue weighted by molar-refractivity contribution is 5.81. The fourth-order valence-corrected chi connectivity index (χ4v) is 1.78. The summed E-state index contributed by atoms with van der Waals surface area (Å²) in [7, 11) is 0. The maximum atomic E-state index is 13.9. The van der Waals surface area contributed by atoms with E-state index in [1.165, 1.54) is 12.4 Å². The summed E-state index contributed by atoms with van der Waals surface area (Å²) < 4.78 is 54.2. The first kappa shape index (κ1) is 28.9. The van der Waals surface area contributed by atoms with E-state index in [2.05, 4.69) is 21.9 Å². The van der Waals surface area contributed by atoms with Crippen LogP contribution in [0.25, 0.3) is 0 Å². The number of nitrogens with one attached hydrogen (secondary N) is 1. The average molecular weight is 428 g/mol. The van der Waals surface area contributed by atoms with Crippen LogP contribution in [0.2, 0.25) is 0 Å². The number of rotatable bonds is 6. The van der Waals surface area contributed by atoms with Gasteiger partial charge in [0.15, 0.2) is 11.6 Å². The van der Waals surface area contributed by atoms with Crippen LogP contribution in [0.1, 0.15) is 39.3 Å². The minimum atomic E-state index is -5.00. The van der Waals surface area contributed by atoms with Gasteiger partial charge in [-0.05, 0) is 12.8 Å². The number of allylic oxidation sites excluding steroid dienone is 1. The van der Waals surface area contributed by atoms with E-state index < -0.39 is 18.9 Å². The number of likely N-dealkylation sites (tertiary alicyclic amines) is 1. The molecule has 0 bridgehead atoms. The summed E-state index contributed by atoms with van der Waals surface area (Å²) in [5.74, 6) is -0.352. The lowest BCUT2D eigenvalue weighted by Gasteiger charge is -2.30. The van der Waals surface area contributed by atoms with Crippen molar-refractivity contribution in [2.45, 2.75) is 46.4 Å². The van der Waals surface area contributed by atoms with Crippen molar-refractivity contribution in [2.24, 2.45) is 0 Å². The molecule has 6 nitrogen and oxygen atoms in total. The molecule has 0 radical (unpaired) electrons. The van der Waals surface area contributed by atoms with Gasteiger partial charge >= 0.3 is 6.36 Å². The molecular formula is C18H29F5N4O2. The molecule has 1 fully saturated rings. The number of anilines is 1. The van der Waals surface area contributed by atoms with Crippen LogP contribution in [0.15, 0.2) is 19.0 Å². The second kappa shape index (κ2) is 16.6. The summed E-state index contributed by atoms with van der Waals surface area (Å²) in [5, 5.41) is 9.26. The van der Waals surface area contributed by atoms with Gasteiger partial charge in [-0.1, -0.05) is 33.3 Å². The van der Waals surface area contributed by atoms with E-state index in [9.17, 15) is 26.7 Å². The van der Waals surface area contributed by atoms with Gasteiger partial charge in [-0.2, -0.15) is 0 Å². The minimum Gasteiger partial charge on any atom is -0.358 e. The summed E-state index contributed by atoms with van der Waals surface area (Å²) in [6, 6.07) is 0. The van der Waals surface area contributed by atoms with Crippen LogP contribution >= 0.6 is 0 Å². The number of carbonyl (C=O) groups is 1. The van der Waals surface area contributed by atoms with Crippen molar-refractivity contribution in [1.29, 1.82) is 0 Å². The second-order valence-electron chi connectivity index (χ2n) is 5.23. The summed E-state index contributed by atoms with van der Waals surface area (Å²) in [6.45, 7) is 10.3. The number of amides is 1. The third-order valence-corrected chi connectivity index (χ3v) is 3.07. The molecular weight excluding hydrogens is 399 g/mol. The fourth-order valence-electron chi connectivity index (χ4n) is 1.78. The summed E-state index contributed by atoms with van der Waals surface area (Å²) in [5.41, 5.74) is 0.395. The van der Waals surface area contributed by atoms with Crippen LogP contribution in [0.4, 0.5) is 27.8 Å². The van der Waals surface area contributed by atoms with Crippen LogP contribution in [-0.4, -0.2) is 58.6 Å². The van der Waals surface area contributed by atoms with E-state index in [0.717, 1.165) is 25.9 Å². The molecule has 1 amide bonds. The smallest absolute Gasteiger partial charge is 0.358 e. The number of carbonyl (C=O) groups excluding carboxylic acids is 1. The zero-order chi connectivity index (χ0) is 22.9. The van der Waals surface area contributed by atoms with Crippen molar-refractivity contribution >= 4 is 11.7 Å². The Hall–Kier alpha value is -2.30. The first-order valence-electron chi connectivity index (χ1n) is 9.10. The number of halogens is 5. The Morgan fingerprint density at radius 2 is 1.86 bits per heavy atom. The minimum absolute atomic E-state index is 0.0173. The number of aryl methyl sites for hydroxylation is 1. The molecule has 0 aliphatic carbocycles. The Morgan fingerprint density at radius 1 is 1.34 bits per heavy atom. The largest absolute Gasteiger partial charge is 0.519 e. The number of alkyl halides is 4. The molecule has 1 aliphatic rings. The van der Waals surface area contributed by atoms with Crippen LogP contribution in [0, 0.1) is 5.82 Å². The van der Waals surface area contributed by atoms with Gasteiger partial charge in [0, 0.05) is 13.1 Å². The molecule has 0 unspecified atom stereocenters. The van der Waals surface area contributed by atoms with Crippen LogP contribution < -0.4 is 5.32 Å². The molecule has 168 valence electrons. The number of hydrogen-bond acceptors (Lipinski definition) is 5. The predicted molar refractivity (Wildman–Crippen MR) is 101 cm³/mol. The molecule has 0 spiro atoms. The normalized spacial score (nSPS) is 12.0. The Morgan fingerprint density at radius 3 is 2.24 bits per heavy atom. The van der Waals surface area contributed by atoms with Crippen molar-refractivity contribution in [3.05, 3.63) is 30.5 Å². The van der Waals surface area contributed by atoms with Crippen molar-refractivity contribution in [3.8, 4) is 0 Å². The molecule has 2 rings (SSSR count). The topological polar surface area (TPSA) is 78.4 Å². The third kappa shape index (κ3) is 15.3. The first-order valence-corrected chi connectivity index (χ1v) is 9.10. The SMILES string of the molecule is C=CCF.CC.CCCc1ncnc(NCC(=O)N2CCC2)c1F.OC(F)(F)F. The zero-order valence-corrected chi connectivity index (χ0v) is 16.9. The van der Waals surface area contributed by atoms with Gasteiger partial charge in [-0.25, -0.2) is 18.7 Å². The number of nitrogens with zero attached hydrogens (tertiary/aromatic N) is 3. The van der Waals surface area contributed by atoms with Gasteiger partial charge in [-0.15, -0.1) is 19.8 Å². The maximum absolute atomic E-state index is 13.9. The van der Waals surface area contributed by atoms with Crippen LogP contribution in [0.3, 0.4) is 0 Å². The van der Waals surface area contributed by atoms with Gasteiger partial charge in [0.05, 0.1) is 12.2 Å². The molecule has 2 heterocycles. The average Bonchev–Trinajstić information content (AvgIpc) is 2.62. The van der Waals surface area contributed by atoms with E-state index >= 15 is 0 Å². The van der Waals surface area contributed by atoms with Crippen molar-refractivity contribution in [3.63, 3.8) is 0 Å². The lowest BCUT2D eigenvalue weighted by atomic mass is 10.2. The number of aromatic nitrogens is 2. The summed E-state index contributed by atoms with van der Waals surface area (Å²) in [4.78, 5) is 21.1. The van der Waals surface area contributed by atoms with Gasteiger partial charge in [0.2, 0.25) is 5.91 Å². The van der Waals surface area contributed by atoms with Gasteiger partial charge in [0.25, 0.3) is 0 Å². The van der Waals surface area contributed by atoms with E-state index in [4.69, 9.17) is 5.11 Å². The highest BCUT2D eigenvalue weighted by atomic mass is 19.4. The summed E-state index contributed by atoms with van der Waals surface area (Å²) in [6.07, 6.45) is -0.0258. The quantitative estimate of drug-likeness (QED) is 0.531. The highest BCUT2D eigenvalue weighted by Crippen LogP contribution is 2.14. The van der Waals surface area contributed by atoms with Crippen molar-refractivity contribution in [2.75, 3.05) is 31.6 Å². The van der Waals surface area contributed by atoms with Crippen LogP contribution in [0.5, 0.6) is 0 Å².